The Kier molecular flexibility index (Phi) is 6.06. The number of fused-ring (bicyclic) bond motifs is 1. The molecule has 0 unspecified atom stereocenters. The lowest BCUT2D eigenvalue weighted by atomic mass is 10.1. The highest BCUT2D eigenvalue weighted by Crippen LogP contribution is 2.25. The minimum absolute atomic E-state index is 0.0605. The fourth-order valence-electron chi connectivity index (χ4n) is 4.01. The van der Waals surface area contributed by atoms with Crippen molar-refractivity contribution in [3.05, 3.63) is 60.3 Å². The standard InChI is InChI=1S/C24H28N4O3S/c1-17(2)15-28-16-21(20-10-4-5-11-22(20)28)24(29)25-18-8-6-9-19(14-18)32(30,31)26-23-12-7-13-27(23)3/h4-6,8-11,14,16-17H,7,12-13,15H2,1-3H3,(H,25,29)/b26-23-. The molecule has 32 heavy (non-hydrogen) atoms. The summed E-state index contributed by atoms with van der Waals surface area (Å²) >= 11 is 0. The van der Waals surface area contributed by atoms with Crippen LogP contribution in [0, 0.1) is 5.92 Å². The van der Waals surface area contributed by atoms with E-state index in [1.807, 2.05) is 42.4 Å². The SMILES string of the molecule is CC(C)Cn1cc(C(=O)Nc2cccc(S(=O)(=O)/N=C3/CCCN3C)c2)c2ccccc21. The smallest absolute Gasteiger partial charge is 0.284 e. The van der Waals surface area contributed by atoms with Gasteiger partial charge < -0.3 is 14.8 Å². The molecule has 0 radical (unpaired) electrons. The first kappa shape index (κ1) is 22.1. The first-order chi connectivity index (χ1) is 15.2. The van der Waals surface area contributed by atoms with E-state index in [2.05, 4.69) is 28.1 Å². The van der Waals surface area contributed by atoms with Crippen LogP contribution in [0.5, 0.6) is 0 Å². The van der Waals surface area contributed by atoms with Gasteiger partial charge in [-0.1, -0.05) is 38.1 Å². The van der Waals surface area contributed by atoms with Crippen LogP contribution in [-0.4, -0.2) is 43.2 Å². The summed E-state index contributed by atoms with van der Waals surface area (Å²) in [6.45, 7) is 5.87. The zero-order valence-corrected chi connectivity index (χ0v) is 19.4. The second-order valence-corrected chi connectivity index (χ2v) is 10.2. The fourth-order valence-corrected chi connectivity index (χ4v) is 5.15. The molecule has 0 spiro atoms. The summed E-state index contributed by atoms with van der Waals surface area (Å²) in [5.74, 6) is 0.724. The van der Waals surface area contributed by atoms with Gasteiger partial charge in [0.1, 0.15) is 5.84 Å². The molecular formula is C24H28N4O3S. The quantitative estimate of drug-likeness (QED) is 0.602. The highest BCUT2D eigenvalue weighted by atomic mass is 32.2. The molecule has 1 aliphatic rings. The average molecular weight is 453 g/mol. The van der Waals surface area contributed by atoms with Gasteiger partial charge in [0.25, 0.3) is 15.9 Å². The molecule has 0 atom stereocenters. The monoisotopic (exact) mass is 452 g/mol. The lowest BCUT2D eigenvalue weighted by Crippen LogP contribution is -2.20. The van der Waals surface area contributed by atoms with E-state index in [9.17, 15) is 13.2 Å². The van der Waals surface area contributed by atoms with Gasteiger partial charge in [0, 0.05) is 49.3 Å². The number of sulfonamides is 1. The second kappa shape index (κ2) is 8.78. The van der Waals surface area contributed by atoms with E-state index in [0.29, 0.717) is 29.4 Å². The maximum Gasteiger partial charge on any atom is 0.284 e. The number of amidine groups is 1. The van der Waals surface area contributed by atoms with E-state index >= 15 is 0 Å². The average Bonchev–Trinajstić information content (AvgIpc) is 3.31. The van der Waals surface area contributed by atoms with E-state index in [1.54, 1.807) is 12.1 Å². The second-order valence-electron chi connectivity index (χ2n) is 8.60. The summed E-state index contributed by atoms with van der Waals surface area (Å²) in [7, 11) is -2.01. The Hall–Kier alpha value is -3.13. The minimum atomic E-state index is -3.85. The summed E-state index contributed by atoms with van der Waals surface area (Å²) in [5.41, 5.74) is 1.97. The van der Waals surface area contributed by atoms with Crippen molar-refractivity contribution in [2.24, 2.45) is 10.3 Å². The molecule has 4 rings (SSSR count). The zero-order chi connectivity index (χ0) is 22.9. The molecule has 8 heteroatoms. The molecule has 1 amide bonds. The highest BCUT2D eigenvalue weighted by Gasteiger charge is 2.21. The number of hydrogen-bond donors (Lipinski definition) is 1. The topological polar surface area (TPSA) is 83.8 Å². The predicted molar refractivity (Wildman–Crippen MR) is 128 cm³/mol. The minimum Gasteiger partial charge on any atom is -0.362 e. The van der Waals surface area contributed by atoms with Crippen molar-refractivity contribution >= 4 is 38.4 Å². The maximum absolute atomic E-state index is 13.1. The van der Waals surface area contributed by atoms with Crippen molar-refractivity contribution in [3.8, 4) is 0 Å². The van der Waals surface area contributed by atoms with Crippen molar-refractivity contribution in [3.63, 3.8) is 0 Å². The Balaban J connectivity index is 1.61. The van der Waals surface area contributed by atoms with Crippen LogP contribution in [0.2, 0.25) is 0 Å². The molecule has 168 valence electrons. The molecule has 2 heterocycles. The zero-order valence-electron chi connectivity index (χ0n) is 18.6. The molecule has 2 aromatic carbocycles. The van der Waals surface area contributed by atoms with Crippen LogP contribution >= 0.6 is 0 Å². The number of amides is 1. The van der Waals surface area contributed by atoms with Crippen molar-refractivity contribution in [2.75, 3.05) is 18.9 Å². The van der Waals surface area contributed by atoms with Gasteiger partial charge in [0.2, 0.25) is 0 Å². The number of anilines is 1. The molecule has 1 aliphatic heterocycles. The Morgan fingerprint density at radius 1 is 1.16 bits per heavy atom. The van der Waals surface area contributed by atoms with E-state index in [-0.39, 0.29) is 10.8 Å². The Bertz CT molecular complexity index is 1290. The van der Waals surface area contributed by atoms with Gasteiger partial charge in [-0.15, -0.1) is 4.40 Å². The predicted octanol–water partition coefficient (Wildman–Crippen LogP) is 4.36. The number of para-hydroxylation sites is 1. The lowest BCUT2D eigenvalue weighted by Gasteiger charge is -2.11. The van der Waals surface area contributed by atoms with Crippen LogP contribution in [-0.2, 0) is 16.6 Å². The van der Waals surface area contributed by atoms with Crippen LogP contribution < -0.4 is 5.32 Å². The number of nitrogens with zero attached hydrogens (tertiary/aromatic N) is 3. The number of hydrogen-bond acceptors (Lipinski definition) is 3. The molecule has 7 nitrogen and oxygen atoms in total. The van der Waals surface area contributed by atoms with Crippen molar-refractivity contribution < 1.29 is 13.2 Å². The van der Waals surface area contributed by atoms with Crippen molar-refractivity contribution in [2.45, 2.75) is 38.1 Å². The third-order valence-corrected chi connectivity index (χ3v) is 6.85. The van der Waals surface area contributed by atoms with Gasteiger partial charge in [-0.25, -0.2) is 0 Å². The summed E-state index contributed by atoms with van der Waals surface area (Å²) in [4.78, 5) is 15.0. The number of rotatable bonds is 6. The van der Waals surface area contributed by atoms with Crippen molar-refractivity contribution in [1.29, 1.82) is 0 Å². The lowest BCUT2D eigenvalue weighted by molar-refractivity contribution is 0.102. The summed E-state index contributed by atoms with van der Waals surface area (Å²) in [6.07, 6.45) is 3.40. The van der Waals surface area contributed by atoms with Gasteiger partial charge >= 0.3 is 0 Å². The third-order valence-electron chi connectivity index (χ3n) is 5.54. The molecule has 0 saturated carbocycles. The largest absolute Gasteiger partial charge is 0.362 e. The Morgan fingerprint density at radius 2 is 1.94 bits per heavy atom. The molecule has 0 bridgehead atoms. The molecule has 3 aromatic rings. The van der Waals surface area contributed by atoms with Crippen LogP contribution in [0.1, 0.15) is 37.0 Å². The number of carbonyl (C=O) groups is 1. The third kappa shape index (κ3) is 4.55. The fraction of sp³-hybridized carbons (Fsp3) is 0.333. The Morgan fingerprint density at radius 3 is 2.66 bits per heavy atom. The molecule has 0 aliphatic carbocycles. The number of likely N-dealkylation sites (tertiary alicyclic amines) is 1. The molecular weight excluding hydrogens is 424 g/mol. The van der Waals surface area contributed by atoms with E-state index in [4.69, 9.17) is 0 Å². The normalized spacial score (nSPS) is 15.8. The van der Waals surface area contributed by atoms with Crippen molar-refractivity contribution in [1.82, 2.24) is 9.47 Å². The molecule has 1 fully saturated rings. The van der Waals surface area contributed by atoms with Crippen LogP contribution in [0.25, 0.3) is 10.9 Å². The van der Waals surface area contributed by atoms with Crippen LogP contribution in [0.4, 0.5) is 5.69 Å². The number of nitrogens with one attached hydrogen (secondary N) is 1. The summed E-state index contributed by atoms with van der Waals surface area (Å²) in [6, 6.07) is 14.0. The molecule has 1 N–H and O–H groups in total. The summed E-state index contributed by atoms with van der Waals surface area (Å²) < 4.78 is 31.7. The maximum atomic E-state index is 13.1. The van der Waals surface area contributed by atoms with Gasteiger partial charge in [-0.05, 0) is 36.6 Å². The Labute approximate surface area is 188 Å². The first-order valence-electron chi connectivity index (χ1n) is 10.8. The van der Waals surface area contributed by atoms with Gasteiger partial charge in [0.15, 0.2) is 0 Å². The van der Waals surface area contributed by atoms with Gasteiger partial charge in [-0.3, -0.25) is 4.79 Å². The van der Waals surface area contributed by atoms with Gasteiger partial charge in [0.05, 0.1) is 10.5 Å². The number of aromatic nitrogens is 1. The summed E-state index contributed by atoms with van der Waals surface area (Å²) in [5, 5.41) is 3.72. The number of benzene rings is 2. The van der Waals surface area contributed by atoms with Gasteiger partial charge in [-0.2, -0.15) is 8.42 Å². The molecule has 1 saturated heterocycles. The van der Waals surface area contributed by atoms with Crippen LogP contribution in [0.15, 0.2) is 64.0 Å². The van der Waals surface area contributed by atoms with E-state index < -0.39 is 10.0 Å². The number of carbonyl (C=O) groups excluding carboxylic acids is 1. The highest BCUT2D eigenvalue weighted by molar-refractivity contribution is 7.90. The van der Waals surface area contributed by atoms with E-state index in [0.717, 1.165) is 30.4 Å². The first-order valence-corrected chi connectivity index (χ1v) is 12.2. The molecule has 1 aromatic heterocycles. The van der Waals surface area contributed by atoms with E-state index in [1.165, 1.54) is 12.1 Å². The van der Waals surface area contributed by atoms with Crippen LogP contribution in [0.3, 0.4) is 0 Å².